The zero-order chi connectivity index (χ0) is 10.1. The number of hydrogen-bond acceptors (Lipinski definition) is 2. The first-order valence-electron chi connectivity index (χ1n) is 4.23. The lowest BCUT2D eigenvalue weighted by atomic mass is 9.98. The molecule has 70 valence electrons. The van der Waals surface area contributed by atoms with E-state index in [1.165, 1.54) is 0 Å². The van der Waals surface area contributed by atoms with Crippen molar-refractivity contribution in [2.45, 2.75) is 12.8 Å². The summed E-state index contributed by atoms with van der Waals surface area (Å²) in [5, 5.41) is 11.7. The largest absolute Gasteiger partial charge is 0.326 e. The van der Waals surface area contributed by atoms with Crippen LogP contribution in [0.15, 0.2) is 16.6 Å². The lowest BCUT2D eigenvalue weighted by Crippen LogP contribution is -2.19. The van der Waals surface area contributed by atoms with Crippen LogP contribution in [-0.4, -0.2) is 5.91 Å². The molecule has 0 atom stereocenters. The predicted octanol–water partition coefficient (Wildman–Crippen LogP) is 2.21. The van der Waals surface area contributed by atoms with Crippen molar-refractivity contribution in [3.05, 3.63) is 27.7 Å². The van der Waals surface area contributed by atoms with E-state index in [2.05, 4.69) is 27.3 Å². The number of fused-ring (bicyclic) bond motifs is 1. The Bertz CT molecular complexity index is 448. The highest BCUT2D eigenvalue weighted by Crippen LogP contribution is 2.30. The van der Waals surface area contributed by atoms with Crippen LogP contribution in [0.4, 0.5) is 5.69 Å². The Kier molecular flexibility index (Phi) is 2.26. The molecule has 0 bridgehead atoms. The Morgan fingerprint density at radius 3 is 2.93 bits per heavy atom. The minimum absolute atomic E-state index is 0.0173. The standard InChI is InChI=1S/C10H7BrN2O/c11-8-2-3-9-6(7(8)5-12)1-4-10(14)13-9/h2-3H,1,4H2,(H,13,14). The van der Waals surface area contributed by atoms with Gasteiger partial charge in [-0.1, -0.05) is 0 Å². The van der Waals surface area contributed by atoms with Gasteiger partial charge in [0.25, 0.3) is 0 Å². The van der Waals surface area contributed by atoms with Gasteiger partial charge in [0.05, 0.1) is 5.56 Å². The molecule has 0 radical (unpaired) electrons. The number of benzene rings is 1. The van der Waals surface area contributed by atoms with Crippen molar-refractivity contribution in [2.75, 3.05) is 5.32 Å². The second-order valence-corrected chi connectivity index (χ2v) is 3.96. The third-order valence-electron chi connectivity index (χ3n) is 2.25. The third-order valence-corrected chi connectivity index (χ3v) is 2.91. The summed E-state index contributed by atoms with van der Waals surface area (Å²) in [5.41, 5.74) is 2.32. The lowest BCUT2D eigenvalue weighted by Gasteiger charge is -2.18. The summed E-state index contributed by atoms with van der Waals surface area (Å²) in [7, 11) is 0. The van der Waals surface area contributed by atoms with E-state index in [-0.39, 0.29) is 5.91 Å². The maximum Gasteiger partial charge on any atom is 0.224 e. The normalized spacial score (nSPS) is 14.1. The van der Waals surface area contributed by atoms with Crippen molar-refractivity contribution >= 4 is 27.5 Å². The highest BCUT2D eigenvalue weighted by Gasteiger charge is 2.18. The van der Waals surface area contributed by atoms with Gasteiger partial charge < -0.3 is 5.32 Å². The first-order chi connectivity index (χ1) is 6.72. The fraction of sp³-hybridized carbons (Fsp3) is 0.200. The summed E-state index contributed by atoms with van der Waals surface area (Å²) in [6, 6.07) is 5.74. The van der Waals surface area contributed by atoms with Crippen molar-refractivity contribution in [3.8, 4) is 6.07 Å². The van der Waals surface area contributed by atoms with Crippen molar-refractivity contribution in [2.24, 2.45) is 0 Å². The van der Waals surface area contributed by atoms with E-state index in [0.717, 1.165) is 15.7 Å². The van der Waals surface area contributed by atoms with E-state index < -0.39 is 0 Å². The zero-order valence-electron chi connectivity index (χ0n) is 7.30. The highest BCUT2D eigenvalue weighted by atomic mass is 79.9. The van der Waals surface area contributed by atoms with Crippen molar-refractivity contribution in [1.82, 2.24) is 0 Å². The summed E-state index contributed by atoms with van der Waals surface area (Å²) < 4.78 is 0.787. The molecule has 0 saturated heterocycles. The Balaban J connectivity index is 2.59. The Morgan fingerprint density at radius 2 is 2.21 bits per heavy atom. The fourth-order valence-corrected chi connectivity index (χ4v) is 2.03. The Labute approximate surface area is 89.9 Å². The number of nitrogens with one attached hydrogen (secondary N) is 1. The SMILES string of the molecule is N#Cc1c(Br)ccc2c1CCC(=O)N2. The second-order valence-electron chi connectivity index (χ2n) is 3.11. The van der Waals surface area contributed by atoms with Gasteiger partial charge >= 0.3 is 0 Å². The quantitative estimate of drug-likeness (QED) is 0.768. The molecule has 1 amide bonds. The second kappa shape index (κ2) is 3.43. The fourth-order valence-electron chi connectivity index (χ4n) is 1.57. The summed E-state index contributed by atoms with van der Waals surface area (Å²) in [4.78, 5) is 11.1. The zero-order valence-corrected chi connectivity index (χ0v) is 8.89. The number of nitrogens with zero attached hydrogens (tertiary/aromatic N) is 1. The van der Waals surface area contributed by atoms with Gasteiger partial charge in [-0.25, -0.2) is 0 Å². The van der Waals surface area contributed by atoms with Crippen molar-refractivity contribution in [3.63, 3.8) is 0 Å². The number of anilines is 1. The minimum Gasteiger partial charge on any atom is -0.326 e. The molecule has 0 aliphatic carbocycles. The molecule has 0 fully saturated rings. The van der Waals surface area contributed by atoms with E-state index in [0.29, 0.717) is 18.4 Å². The number of nitriles is 1. The van der Waals surface area contributed by atoms with Gasteiger partial charge in [0.15, 0.2) is 0 Å². The van der Waals surface area contributed by atoms with Crippen LogP contribution in [0.5, 0.6) is 0 Å². The molecule has 1 aromatic rings. The molecule has 0 unspecified atom stereocenters. The Morgan fingerprint density at radius 1 is 1.43 bits per heavy atom. The average molecular weight is 251 g/mol. The van der Waals surface area contributed by atoms with Crippen molar-refractivity contribution < 1.29 is 4.79 Å². The monoisotopic (exact) mass is 250 g/mol. The molecule has 14 heavy (non-hydrogen) atoms. The predicted molar refractivity (Wildman–Crippen MR) is 55.8 cm³/mol. The van der Waals surface area contributed by atoms with E-state index in [1.54, 1.807) is 6.07 Å². The molecular formula is C10H7BrN2O. The highest BCUT2D eigenvalue weighted by molar-refractivity contribution is 9.10. The molecular weight excluding hydrogens is 244 g/mol. The summed E-state index contributed by atoms with van der Waals surface area (Å²) >= 11 is 3.32. The van der Waals surface area contributed by atoms with E-state index in [1.807, 2.05) is 6.07 Å². The van der Waals surface area contributed by atoms with E-state index in [4.69, 9.17) is 5.26 Å². The number of halogens is 1. The number of carbonyl (C=O) groups is 1. The molecule has 1 aliphatic heterocycles. The number of rotatable bonds is 0. The smallest absolute Gasteiger partial charge is 0.224 e. The molecule has 0 spiro atoms. The topological polar surface area (TPSA) is 52.9 Å². The van der Waals surface area contributed by atoms with Crippen LogP contribution < -0.4 is 5.32 Å². The molecule has 0 aromatic heterocycles. The van der Waals surface area contributed by atoms with Gasteiger partial charge in [0.2, 0.25) is 5.91 Å². The molecule has 1 aromatic carbocycles. The van der Waals surface area contributed by atoms with Crippen LogP contribution in [0.25, 0.3) is 0 Å². The molecule has 4 heteroatoms. The number of amides is 1. The molecule has 0 saturated carbocycles. The first kappa shape index (κ1) is 9.22. The molecule has 1 heterocycles. The molecule has 3 nitrogen and oxygen atoms in total. The van der Waals surface area contributed by atoms with E-state index >= 15 is 0 Å². The van der Waals surface area contributed by atoms with Gasteiger partial charge in [0, 0.05) is 16.6 Å². The van der Waals surface area contributed by atoms with Gasteiger partial charge in [-0.15, -0.1) is 0 Å². The average Bonchev–Trinajstić information content (AvgIpc) is 2.18. The van der Waals surface area contributed by atoms with Gasteiger partial charge in [-0.2, -0.15) is 5.26 Å². The first-order valence-corrected chi connectivity index (χ1v) is 5.03. The lowest BCUT2D eigenvalue weighted by molar-refractivity contribution is -0.116. The van der Waals surface area contributed by atoms with Crippen LogP contribution in [-0.2, 0) is 11.2 Å². The maximum atomic E-state index is 11.1. The number of carbonyl (C=O) groups excluding carboxylic acids is 1. The molecule has 2 rings (SSSR count). The van der Waals surface area contributed by atoms with Crippen molar-refractivity contribution in [1.29, 1.82) is 5.26 Å². The molecule has 1 N–H and O–H groups in total. The van der Waals surface area contributed by atoms with Crippen LogP contribution in [0.1, 0.15) is 17.5 Å². The van der Waals surface area contributed by atoms with Crippen LogP contribution >= 0.6 is 15.9 Å². The van der Waals surface area contributed by atoms with Gasteiger partial charge in [0.1, 0.15) is 6.07 Å². The van der Waals surface area contributed by atoms with Gasteiger partial charge in [-0.3, -0.25) is 4.79 Å². The Hall–Kier alpha value is -1.34. The summed E-state index contributed by atoms with van der Waals surface area (Å²) in [6.45, 7) is 0. The maximum absolute atomic E-state index is 11.1. The van der Waals surface area contributed by atoms with Gasteiger partial charge in [-0.05, 0) is 40.0 Å². The summed E-state index contributed by atoms with van der Waals surface area (Å²) in [5.74, 6) is 0.0173. The minimum atomic E-state index is 0.0173. The third kappa shape index (κ3) is 1.40. The number of hydrogen-bond donors (Lipinski definition) is 1. The van der Waals surface area contributed by atoms with Crippen LogP contribution in [0, 0.1) is 11.3 Å². The van der Waals surface area contributed by atoms with Crippen LogP contribution in [0.3, 0.4) is 0 Å². The van der Waals surface area contributed by atoms with E-state index in [9.17, 15) is 4.79 Å². The molecule has 1 aliphatic rings. The summed E-state index contributed by atoms with van der Waals surface area (Å²) in [6.07, 6.45) is 1.10. The van der Waals surface area contributed by atoms with Crippen LogP contribution in [0.2, 0.25) is 0 Å².